The first-order chi connectivity index (χ1) is 11.4. The van der Waals surface area contributed by atoms with Crippen molar-refractivity contribution < 1.29 is 9.82 Å². The molecule has 0 aliphatic rings. The highest BCUT2D eigenvalue weighted by Crippen LogP contribution is 2.25. The van der Waals surface area contributed by atoms with Crippen LogP contribution >= 0.6 is 11.3 Å². The van der Waals surface area contributed by atoms with Crippen LogP contribution in [0.5, 0.6) is 0 Å². The molecule has 3 aromatic rings. The molecule has 0 saturated heterocycles. The van der Waals surface area contributed by atoms with E-state index in [1.54, 1.807) is 29.9 Å². The number of benzene rings is 1. The highest BCUT2D eigenvalue weighted by Gasteiger charge is 2.25. The highest BCUT2D eigenvalue weighted by atomic mass is 32.1. The van der Waals surface area contributed by atoms with Gasteiger partial charge in [-0.1, -0.05) is 12.1 Å². The highest BCUT2D eigenvalue weighted by molar-refractivity contribution is 7.18. The van der Waals surface area contributed by atoms with Crippen molar-refractivity contribution in [3.05, 3.63) is 50.8 Å². The summed E-state index contributed by atoms with van der Waals surface area (Å²) in [6, 6.07) is 8.26. The molecule has 7 nitrogen and oxygen atoms in total. The number of nitrogens with one attached hydrogen (secondary N) is 1. The van der Waals surface area contributed by atoms with Gasteiger partial charge >= 0.3 is 5.69 Å². The van der Waals surface area contributed by atoms with E-state index in [0.29, 0.717) is 18.1 Å². The molecule has 126 valence electrons. The molecule has 0 aliphatic heterocycles. The molecule has 2 atom stereocenters. The summed E-state index contributed by atoms with van der Waals surface area (Å²) in [6.45, 7) is 6.09. The van der Waals surface area contributed by atoms with E-state index >= 15 is 0 Å². The Labute approximate surface area is 143 Å². The van der Waals surface area contributed by atoms with E-state index in [0.717, 1.165) is 10.5 Å². The zero-order valence-electron chi connectivity index (χ0n) is 14.1. The summed E-state index contributed by atoms with van der Waals surface area (Å²) in [5, 5.41) is 16.5. The minimum absolute atomic E-state index is 0.107. The third kappa shape index (κ3) is 2.90. The average Bonchev–Trinajstić information content (AvgIpc) is 3.07. The van der Waals surface area contributed by atoms with Gasteiger partial charge in [0.1, 0.15) is 17.4 Å². The number of para-hydroxylation sites is 1. The van der Waals surface area contributed by atoms with Crippen molar-refractivity contribution in [2.45, 2.75) is 33.5 Å². The summed E-state index contributed by atoms with van der Waals surface area (Å²) in [5.74, 6) is 0. The van der Waals surface area contributed by atoms with E-state index in [4.69, 9.17) is 4.98 Å². The average molecular weight is 346 g/mol. The van der Waals surface area contributed by atoms with Crippen LogP contribution in [0.1, 0.15) is 29.4 Å². The van der Waals surface area contributed by atoms with Gasteiger partial charge in [0.05, 0.1) is 22.2 Å². The van der Waals surface area contributed by atoms with E-state index in [1.165, 1.54) is 9.60 Å². The molecular formula is C16H20N5O2S+. The lowest BCUT2D eigenvalue weighted by atomic mass is 10.3. The van der Waals surface area contributed by atoms with Crippen LogP contribution in [0.25, 0.3) is 10.2 Å². The Balaban J connectivity index is 1.83. The molecule has 1 aromatic carbocycles. The van der Waals surface area contributed by atoms with Crippen molar-refractivity contribution >= 4 is 27.2 Å². The van der Waals surface area contributed by atoms with Crippen molar-refractivity contribution in [1.82, 2.24) is 14.8 Å². The molecule has 0 fully saturated rings. The maximum absolute atomic E-state index is 11.1. The van der Waals surface area contributed by atoms with Crippen LogP contribution < -0.4 is 4.90 Å². The van der Waals surface area contributed by atoms with E-state index in [-0.39, 0.29) is 16.7 Å². The Morgan fingerprint density at radius 1 is 1.38 bits per heavy atom. The molecule has 1 N–H and O–H groups in total. The maximum Gasteiger partial charge on any atom is 0.312 e. The monoisotopic (exact) mass is 346 g/mol. The van der Waals surface area contributed by atoms with Crippen LogP contribution in [0.2, 0.25) is 0 Å². The molecule has 0 saturated carbocycles. The van der Waals surface area contributed by atoms with Gasteiger partial charge in [-0.25, -0.2) is 9.67 Å². The summed E-state index contributed by atoms with van der Waals surface area (Å²) in [4.78, 5) is 16.7. The Morgan fingerprint density at radius 2 is 2.08 bits per heavy atom. The Morgan fingerprint density at radius 3 is 2.71 bits per heavy atom. The van der Waals surface area contributed by atoms with Gasteiger partial charge in [0.2, 0.25) is 0 Å². The fourth-order valence-corrected chi connectivity index (χ4v) is 3.88. The lowest BCUT2D eigenvalue weighted by molar-refractivity contribution is -0.933. The molecule has 1 unspecified atom stereocenters. The number of nitro groups is 1. The standard InChI is InChI=1S/C16H19N5O2S/c1-10-15(21(22)23)11(2)20(18-10)9-19(4)12(3)16-17-13-7-5-6-8-14(13)24-16/h5-8,12H,9H2,1-4H3/p+1/t12-/m1/s1. The zero-order chi connectivity index (χ0) is 17.4. The summed E-state index contributed by atoms with van der Waals surface area (Å²) >= 11 is 1.69. The van der Waals surface area contributed by atoms with Gasteiger partial charge in [-0.2, -0.15) is 5.10 Å². The quantitative estimate of drug-likeness (QED) is 0.568. The van der Waals surface area contributed by atoms with Gasteiger partial charge in [0.15, 0.2) is 11.7 Å². The number of aromatic nitrogens is 3. The van der Waals surface area contributed by atoms with Crippen molar-refractivity contribution in [1.29, 1.82) is 0 Å². The fourth-order valence-electron chi connectivity index (χ4n) is 2.76. The number of hydrogen-bond donors (Lipinski definition) is 1. The lowest BCUT2D eigenvalue weighted by Crippen LogP contribution is -3.08. The van der Waals surface area contributed by atoms with E-state index < -0.39 is 0 Å². The molecule has 0 spiro atoms. The SMILES string of the molecule is Cc1nn(C[NH+](C)[C@H](C)c2nc3ccccc3s2)c(C)c1[N+](=O)[O-]. The first kappa shape index (κ1) is 16.5. The van der Waals surface area contributed by atoms with Crippen molar-refractivity contribution in [2.75, 3.05) is 7.05 Å². The zero-order valence-corrected chi connectivity index (χ0v) is 14.9. The molecule has 3 rings (SSSR count). The Kier molecular flexibility index (Phi) is 4.33. The van der Waals surface area contributed by atoms with Crippen molar-refractivity contribution in [2.24, 2.45) is 0 Å². The van der Waals surface area contributed by atoms with Crippen LogP contribution in [0, 0.1) is 24.0 Å². The predicted octanol–water partition coefficient (Wildman–Crippen LogP) is 2.25. The predicted molar refractivity (Wildman–Crippen MR) is 93.3 cm³/mol. The molecule has 0 radical (unpaired) electrons. The Bertz CT molecular complexity index is 868. The molecule has 0 aliphatic carbocycles. The smallest absolute Gasteiger partial charge is 0.311 e. The van der Waals surface area contributed by atoms with Crippen LogP contribution in [0.4, 0.5) is 5.69 Å². The topological polar surface area (TPSA) is 78.3 Å². The lowest BCUT2D eigenvalue weighted by Gasteiger charge is -2.20. The molecule has 8 heteroatoms. The van der Waals surface area contributed by atoms with Gasteiger partial charge in [-0.05, 0) is 32.9 Å². The summed E-state index contributed by atoms with van der Waals surface area (Å²) < 4.78 is 2.89. The summed E-state index contributed by atoms with van der Waals surface area (Å²) in [7, 11) is 2.05. The minimum atomic E-state index is -0.361. The third-order valence-electron chi connectivity index (χ3n) is 4.35. The van der Waals surface area contributed by atoms with E-state index in [9.17, 15) is 10.1 Å². The number of thiazole rings is 1. The summed E-state index contributed by atoms with van der Waals surface area (Å²) in [6.07, 6.45) is 0. The second-order valence-corrected chi connectivity index (χ2v) is 7.08. The fraction of sp³-hybridized carbons (Fsp3) is 0.375. The minimum Gasteiger partial charge on any atom is -0.311 e. The normalized spacial score (nSPS) is 14.0. The molecule has 0 amide bonds. The number of aryl methyl sites for hydroxylation is 1. The van der Waals surface area contributed by atoms with E-state index in [1.807, 2.05) is 18.2 Å². The van der Waals surface area contributed by atoms with Gasteiger partial charge in [0.25, 0.3) is 0 Å². The molecule has 24 heavy (non-hydrogen) atoms. The number of rotatable bonds is 5. The van der Waals surface area contributed by atoms with Crippen LogP contribution in [-0.4, -0.2) is 26.7 Å². The number of fused-ring (bicyclic) bond motifs is 1. The number of quaternary nitrogens is 1. The van der Waals surface area contributed by atoms with Crippen molar-refractivity contribution in [3.63, 3.8) is 0 Å². The van der Waals surface area contributed by atoms with Gasteiger partial charge in [-0.3, -0.25) is 10.1 Å². The van der Waals surface area contributed by atoms with Crippen LogP contribution in [-0.2, 0) is 6.67 Å². The third-order valence-corrected chi connectivity index (χ3v) is 5.56. The van der Waals surface area contributed by atoms with Gasteiger partial charge in [-0.15, -0.1) is 11.3 Å². The number of nitrogens with zero attached hydrogens (tertiary/aromatic N) is 4. The second kappa shape index (κ2) is 6.29. The molecule has 2 heterocycles. The maximum atomic E-state index is 11.1. The van der Waals surface area contributed by atoms with Crippen molar-refractivity contribution in [3.8, 4) is 0 Å². The first-order valence-electron chi connectivity index (χ1n) is 7.74. The number of hydrogen-bond acceptors (Lipinski definition) is 5. The van der Waals surface area contributed by atoms with Gasteiger partial charge in [0, 0.05) is 0 Å². The first-order valence-corrected chi connectivity index (χ1v) is 8.56. The Hall–Kier alpha value is -2.32. The molecule has 2 aromatic heterocycles. The second-order valence-electron chi connectivity index (χ2n) is 6.02. The van der Waals surface area contributed by atoms with Crippen LogP contribution in [0.3, 0.4) is 0 Å². The van der Waals surface area contributed by atoms with Crippen LogP contribution in [0.15, 0.2) is 24.3 Å². The largest absolute Gasteiger partial charge is 0.312 e. The van der Waals surface area contributed by atoms with E-state index in [2.05, 4.69) is 25.1 Å². The summed E-state index contributed by atoms with van der Waals surface area (Å²) in [5.41, 5.74) is 2.17. The van der Waals surface area contributed by atoms with Gasteiger partial charge < -0.3 is 4.90 Å². The molecule has 0 bridgehead atoms. The molecular weight excluding hydrogens is 326 g/mol.